The van der Waals surface area contributed by atoms with Crippen molar-refractivity contribution in [2.24, 2.45) is 0 Å². The smallest absolute Gasteiger partial charge is 0.257 e. The van der Waals surface area contributed by atoms with Crippen LogP contribution >= 0.6 is 11.3 Å². The van der Waals surface area contributed by atoms with E-state index >= 15 is 0 Å². The highest BCUT2D eigenvalue weighted by atomic mass is 32.1. The Balaban J connectivity index is 1.32. The predicted molar refractivity (Wildman–Crippen MR) is 111 cm³/mol. The third-order valence-electron chi connectivity index (χ3n) is 4.38. The van der Waals surface area contributed by atoms with E-state index in [1.807, 2.05) is 5.38 Å². The molecule has 30 heavy (non-hydrogen) atoms. The van der Waals surface area contributed by atoms with Crippen molar-refractivity contribution < 1.29 is 18.7 Å². The minimum Gasteiger partial charge on any atom is -0.497 e. The Labute approximate surface area is 176 Å². The molecule has 0 aliphatic rings. The van der Waals surface area contributed by atoms with Gasteiger partial charge in [-0.3, -0.25) is 4.79 Å². The van der Waals surface area contributed by atoms with E-state index in [9.17, 15) is 9.18 Å². The first-order valence-electron chi connectivity index (χ1n) is 9.25. The number of ether oxygens (including phenoxy) is 2. The summed E-state index contributed by atoms with van der Waals surface area (Å²) in [5.41, 5.74) is 1.25. The molecule has 0 saturated carbocycles. The van der Waals surface area contributed by atoms with Crippen LogP contribution in [0.4, 0.5) is 4.39 Å². The van der Waals surface area contributed by atoms with Crippen LogP contribution in [0, 0.1) is 5.82 Å². The minimum absolute atomic E-state index is 0.0903. The maximum atomic E-state index is 14.0. The monoisotopic (exact) mass is 426 g/mol. The second-order valence-corrected chi connectivity index (χ2v) is 7.24. The van der Waals surface area contributed by atoms with E-state index in [1.165, 1.54) is 17.4 Å². The molecule has 4 rings (SSSR count). The highest BCUT2D eigenvalue weighted by molar-refractivity contribution is 7.15. The zero-order valence-electron chi connectivity index (χ0n) is 16.2. The van der Waals surface area contributed by atoms with Crippen LogP contribution in [0.2, 0.25) is 0 Å². The number of fused-ring (bicyclic) bond motifs is 1. The Morgan fingerprint density at radius 2 is 2.03 bits per heavy atom. The average Bonchev–Trinajstić information content (AvgIpc) is 3.34. The number of nitrogens with one attached hydrogen (secondary N) is 1. The number of hydrogen-bond donors (Lipinski definition) is 1. The van der Waals surface area contributed by atoms with Crippen LogP contribution in [0.25, 0.3) is 16.3 Å². The first-order chi connectivity index (χ1) is 14.6. The number of carbonyl (C=O) groups is 1. The molecule has 0 atom stereocenters. The summed E-state index contributed by atoms with van der Waals surface area (Å²) in [5, 5.41) is 9.17. The molecule has 9 heteroatoms. The van der Waals surface area contributed by atoms with E-state index in [1.54, 1.807) is 54.1 Å². The van der Waals surface area contributed by atoms with E-state index in [4.69, 9.17) is 9.47 Å². The lowest BCUT2D eigenvalue weighted by Crippen LogP contribution is -2.30. The Morgan fingerprint density at radius 1 is 1.20 bits per heavy atom. The van der Waals surface area contributed by atoms with Crippen molar-refractivity contribution in [3.05, 3.63) is 65.4 Å². The van der Waals surface area contributed by atoms with Gasteiger partial charge in [0.15, 0.2) is 12.4 Å². The molecule has 0 saturated heterocycles. The van der Waals surface area contributed by atoms with E-state index < -0.39 is 0 Å². The van der Waals surface area contributed by atoms with Gasteiger partial charge in [-0.05, 0) is 24.3 Å². The van der Waals surface area contributed by atoms with Gasteiger partial charge in [0.1, 0.15) is 17.3 Å². The number of rotatable bonds is 8. The van der Waals surface area contributed by atoms with Gasteiger partial charge < -0.3 is 14.8 Å². The van der Waals surface area contributed by atoms with E-state index in [-0.39, 0.29) is 18.3 Å². The maximum Gasteiger partial charge on any atom is 0.257 e. The van der Waals surface area contributed by atoms with Crippen molar-refractivity contribution in [1.29, 1.82) is 0 Å². The number of hydrogen-bond acceptors (Lipinski definition) is 6. The molecular weight excluding hydrogens is 407 g/mol. The summed E-state index contributed by atoms with van der Waals surface area (Å²) in [6, 6.07) is 13.5. The molecule has 2 aromatic heterocycles. The molecule has 1 N–H and O–H groups in total. The van der Waals surface area contributed by atoms with Crippen molar-refractivity contribution in [3.8, 4) is 22.9 Å². The standard InChI is InChI=1S/C21H19FN4O3S/c1-28-15-5-4-6-16(11-15)29-12-19(27)23-10-9-14-13-30-21-24-20(25-26(14)21)17-7-2-3-8-18(17)22/h2-8,11,13H,9-10,12H2,1H3,(H,23,27). The molecule has 0 spiro atoms. The van der Waals surface area contributed by atoms with Crippen LogP contribution in [0.5, 0.6) is 11.5 Å². The molecule has 2 heterocycles. The van der Waals surface area contributed by atoms with Crippen molar-refractivity contribution in [1.82, 2.24) is 19.9 Å². The highest BCUT2D eigenvalue weighted by Crippen LogP contribution is 2.23. The van der Waals surface area contributed by atoms with Gasteiger partial charge in [0.05, 0.1) is 18.4 Å². The fourth-order valence-electron chi connectivity index (χ4n) is 2.87. The number of amides is 1. The van der Waals surface area contributed by atoms with Crippen LogP contribution < -0.4 is 14.8 Å². The minimum atomic E-state index is -0.361. The zero-order chi connectivity index (χ0) is 20.9. The van der Waals surface area contributed by atoms with Crippen molar-refractivity contribution in [2.45, 2.75) is 6.42 Å². The Morgan fingerprint density at radius 3 is 2.87 bits per heavy atom. The van der Waals surface area contributed by atoms with Crippen LogP contribution in [0.3, 0.4) is 0 Å². The summed E-state index contributed by atoms with van der Waals surface area (Å²) in [5.74, 6) is 0.983. The molecule has 0 radical (unpaired) electrons. The van der Waals surface area contributed by atoms with Gasteiger partial charge in [-0.25, -0.2) is 8.91 Å². The van der Waals surface area contributed by atoms with Gasteiger partial charge in [0.25, 0.3) is 5.91 Å². The number of benzene rings is 2. The SMILES string of the molecule is COc1cccc(OCC(=O)NCCc2csc3nc(-c4ccccc4F)nn23)c1. The number of methoxy groups -OCH3 is 1. The molecule has 1 amide bonds. The fraction of sp³-hybridized carbons (Fsp3) is 0.190. The number of carbonyl (C=O) groups excluding carboxylic acids is 1. The molecule has 154 valence electrons. The third kappa shape index (κ3) is 4.41. The summed E-state index contributed by atoms with van der Waals surface area (Å²) in [7, 11) is 1.57. The lowest BCUT2D eigenvalue weighted by Gasteiger charge is -2.08. The van der Waals surface area contributed by atoms with Gasteiger partial charge in [0.2, 0.25) is 4.96 Å². The first-order valence-corrected chi connectivity index (χ1v) is 10.1. The normalized spacial score (nSPS) is 10.9. The van der Waals surface area contributed by atoms with Crippen molar-refractivity contribution >= 4 is 22.2 Å². The van der Waals surface area contributed by atoms with Crippen LogP contribution in [0.15, 0.2) is 53.9 Å². The first kappa shape index (κ1) is 19.8. The fourth-order valence-corrected chi connectivity index (χ4v) is 3.73. The maximum absolute atomic E-state index is 14.0. The molecule has 2 aromatic carbocycles. The summed E-state index contributed by atoms with van der Waals surface area (Å²) in [6.07, 6.45) is 0.560. The summed E-state index contributed by atoms with van der Waals surface area (Å²) < 4.78 is 26.3. The quantitative estimate of drug-likeness (QED) is 0.468. The summed E-state index contributed by atoms with van der Waals surface area (Å²) in [4.78, 5) is 17.1. The molecule has 0 aliphatic carbocycles. The van der Waals surface area contributed by atoms with Gasteiger partial charge in [-0.2, -0.15) is 4.98 Å². The Kier molecular flexibility index (Phi) is 5.89. The van der Waals surface area contributed by atoms with Gasteiger partial charge in [-0.15, -0.1) is 16.4 Å². The van der Waals surface area contributed by atoms with Gasteiger partial charge in [-0.1, -0.05) is 18.2 Å². The van der Waals surface area contributed by atoms with E-state index in [2.05, 4.69) is 15.4 Å². The van der Waals surface area contributed by atoms with Crippen molar-refractivity contribution in [2.75, 3.05) is 20.3 Å². The van der Waals surface area contributed by atoms with Crippen LogP contribution in [0.1, 0.15) is 5.69 Å². The van der Waals surface area contributed by atoms with Crippen molar-refractivity contribution in [3.63, 3.8) is 0 Å². The molecular formula is C21H19FN4O3S. The third-order valence-corrected chi connectivity index (χ3v) is 5.24. The largest absolute Gasteiger partial charge is 0.497 e. The van der Waals surface area contributed by atoms with Gasteiger partial charge in [0, 0.05) is 24.4 Å². The molecule has 0 unspecified atom stereocenters. The number of thiazole rings is 1. The number of halogens is 1. The van der Waals surface area contributed by atoms with Crippen LogP contribution in [-0.2, 0) is 11.2 Å². The van der Waals surface area contributed by atoms with Crippen LogP contribution in [-0.4, -0.2) is 40.8 Å². The lowest BCUT2D eigenvalue weighted by molar-refractivity contribution is -0.123. The number of nitrogens with zero attached hydrogens (tertiary/aromatic N) is 3. The van der Waals surface area contributed by atoms with E-state index in [0.29, 0.717) is 40.8 Å². The summed E-state index contributed by atoms with van der Waals surface area (Å²) >= 11 is 1.42. The molecule has 0 aliphatic heterocycles. The highest BCUT2D eigenvalue weighted by Gasteiger charge is 2.14. The molecule has 0 fully saturated rings. The zero-order valence-corrected chi connectivity index (χ0v) is 17.0. The molecule has 7 nitrogen and oxygen atoms in total. The van der Waals surface area contributed by atoms with E-state index in [0.717, 1.165) is 5.69 Å². The second-order valence-electron chi connectivity index (χ2n) is 6.40. The second kappa shape index (κ2) is 8.91. The number of aromatic nitrogens is 3. The lowest BCUT2D eigenvalue weighted by atomic mass is 10.2. The molecule has 4 aromatic rings. The average molecular weight is 426 g/mol. The molecule has 0 bridgehead atoms. The predicted octanol–water partition coefficient (Wildman–Crippen LogP) is 3.34. The summed E-state index contributed by atoms with van der Waals surface area (Å²) in [6.45, 7) is 0.327. The van der Waals surface area contributed by atoms with Gasteiger partial charge >= 0.3 is 0 Å². The Hall–Kier alpha value is -3.46. The topological polar surface area (TPSA) is 77.8 Å². The Bertz CT molecular complexity index is 1170.